The van der Waals surface area contributed by atoms with Gasteiger partial charge in [0.15, 0.2) is 5.16 Å². The molecular weight excluding hydrogens is 326 g/mol. The highest BCUT2D eigenvalue weighted by Gasteiger charge is 2.21. The zero-order valence-corrected chi connectivity index (χ0v) is 14.7. The highest BCUT2D eigenvalue weighted by molar-refractivity contribution is 7.99. The molecule has 8 heteroatoms. The molecule has 2 aromatic rings. The molecule has 0 aliphatic carbocycles. The number of rotatable bonds is 5. The van der Waals surface area contributed by atoms with Crippen molar-refractivity contribution < 1.29 is 9.53 Å². The number of aromatic nitrogens is 3. The molecule has 1 saturated heterocycles. The van der Waals surface area contributed by atoms with Crippen LogP contribution in [-0.4, -0.2) is 64.6 Å². The van der Waals surface area contributed by atoms with Crippen molar-refractivity contribution in [2.45, 2.75) is 5.16 Å². The number of aryl methyl sites for hydroxylation is 1. The lowest BCUT2D eigenvalue weighted by Crippen LogP contribution is -2.49. The third kappa shape index (κ3) is 3.81. The summed E-state index contributed by atoms with van der Waals surface area (Å²) < 4.78 is 7.00. The molecule has 128 valence electrons. The van der Waals surface area contributed by atoms with Crippen LogP contribution in [0, 0.1) is 0 Å². The summed E-state index contributed by atoms with van der Waals surface area (Å²) in [5.41, 5.74) is 1.16. The largest absolute Gasteiger partial charge is 0.497 e. The molecule has 0 unspecified atom stereocenters. The fourth-order valence-corrected chi connectivity index (χ4v) is 3.42. The lowest BCUT2D eigenvalue weighted by atomic mass is 10.2. The van der Waals surface area contributed by atoms with Crippen LogP contribution in [-0.2, 0) is 11.8 Å². The Morgan fingerprint density at radius 2 is 1.92 bits per heavy atom. The zero-order chi connectivity index (χ0) is 16.9. The van der Waals surface area contributed by atoms with E-state index in [0.29, 0.717) is 5.75 Å². The first-order chi connectivity index (χ1) is 11.7. The number of piperazine rings is 1. The Labute approximate surface area is 145 Å². The van der Waals surface area contributed by atoms with Crippen LogP contribution in [0.4, 0.5) is 5.69 Å². The molecule has 0 saturated carbocycles. The van der Waals surface area contributed by atoms with Crippen LogP contribution in [0.15, 0.2) is 35.7 Å². The number of hydrogen-bond acceptors (Lipinski definition) is 6. The van der Waals surface area contributed by atoms with Gasteiger partial charge in [-0.3, -0.25) is 4.79 Å². The van der Waals surface area contributed by atoms with Gasteiger partial charge in [-0.2, -0.15) is 0 Å². The standard InChI is InChI=1S/C16H21N5O2S/c1-19-12-17-18-16(19)24-11-15(22)21-9-7-20(8-10-21)13-3-5-14(23-2)6-4-13/h3-6,12H,7-11H2,1-2H3. The second kappa shape index (κ2) is 7.57. The normalized spacial score (nSPS) is 14.8. The predicted molar refractivity (Wildman–Crippen MR) is 93.5 cm³/mol. The molecule has 1 amide bonds. The van der Waals surface area contributed by atoms with Crippen molar-refractivity contribution in [1.82, 2.24) is 19.7 Å². The molecule has 0 bridgehead atoms. The van der Waals surface area contributed by atoms with E-state index in [2.05, 4.69) is 27.2 Å². The van der Waals surface area contributed by atoms with Gasteiger partial charge in [0.25, 0.3) is 0 Å². The van der Waals surface area contributed by atoms with E-state index in [-0.39, 0.29) is 5.91 Å². The highest BCUT2D eigenvalue weighted by atomic mass is 32.2. The predicted octanol–water partition coefficient (Wildman–Crippen LogP) is 1.26. The Balaban J connectivity index is 1.49. The summed E-state index contributed by atoms with van der Waals surface area (Å²) in [6.45, 7) is 3.16. The molecular formula is C16H21N5O2S. The molecule has 0 atom stereocenters. The van der Waals surface area contributed by atoms with Crippen LogP contribution in [0.25, 0.3) is 0 Å². The maximum Gasteiger partial charge on any atom is 0.233 e. The summed E-state index contributed by atoms with van der Waals surface area (Å²) in [7, 11) is 3.54. The Bertz CT molecular complexity index is 680. The van der Waals surface area contributed by atoms with Crippen LogP contribution in [0.5, 0.6) is 5.75 Å². The zero-order valence-electron chi connectivity index (χ0n) is 13.9. The molecule has 1 aliphatic heterocycles. The van der Waals surface area contributed by atoms with E-state index >= 15 is 0 Å². The van der Waals surface area contributed by atoms with Crippen LogP contribution in [0.1, 0.15) is 0 Å². The summed E-state index contributed by atoms with van der Waals surface area (Å²) in [5, 5.41) is 8.57. The maximum absolute atomic E-state index is 12.3. The second-order valence-corrected chi connectivity index (χ2v) is 6.52. The molecule has 1 aromatic heterocycles. The van der Waals surface area contributed by atoms with Crippen LogP contribution in [0.2, 0.25) is 0 Å². The van der Waals surface area contributed by atoms with Crippen molar-refractivity contribution in [2.24, 2.45) is 7.05 Å². The highest BCUT2D eigenvalue weighted by Crippen LogP contribution is 2.21. The maximum atomic E-state index is 12.3. The third-order valence-corrected chi connectivity index (χ3v) is 5.08. The molecule has 0 spiro atoms. The van der Waals surface area contributed by atoms with Crippen LogP contribution in [0.3, 0.4) is 0 Å². The number of thioether (sulfide) groups is 1. The van der Waals surface area contributed by atoms with Crippen molar-refractivity contribution in [3.05, 3.63) is 30.6 Å². The number of methoxy groups -OCH3 is 1. The first-order valence-corrected chi connectivity index (χ1v) is 8.79. The lowest BCUT2D eigenvalue weighted by Gasteiger charge is -2.36. The Kier molecular flexibility index (Phi) is 5.24. The van der Waals surface area contributed by atoms with Gasteiger partial charge >= 0.3 is 0 Å². The van der Waals surface area contributed by atoms with Gasteiger partial charge < -0.3 is 19.1 Å². The number of carbonyl (C=O) groups is 1. The minimum Gasteiger partial charge on any atom is -0.497 e. The van der Waals surface area contributed by atoms with Crippen molar-refractivity contribution in [3.8, 4) is 5.75 Å². The third-order valence-electron chi connectivity index (χ3n) is 4.06. The van der Waals surface area contributed by atoms with E-state index < -0.39 is 0 Å². The fourth-order valence-electron chi connectivity index (χ4n) is 2.63. The molecule has 7 nitrogen and oxygen atoms in total. The van der Waals surface area contributed by atoms with Gasteiger partial charge in [-0.15, -0.1) is 10.2 Å². The van der Waals surface area contributed by atoms with Crippen molar-refractivity contribution in [1.29, 1.82) is 0 Å². The van der Waals surface area contributed by atoms with Gasteiger partial charge in [0.1, 0.15) is 12.1 Å². The van der Waals surface area contributed by atoms with Gasteiger partial charge in [0.05, 0.1) is 12.9 Å². The van der Waals surface area contributed by atoms with E-state index in [1.54, 1.807) is 13.4 Å². The van der Waals surface area contributed by atoms with Crippen LogP contribution < -0.4 is 9.64 Å². The van der Waals surface area contributed by atoms with E-state index in [1.807, 2.05) is 28.6 Å². The Hall–Kier alpha value is -2.22. The van der Waals surface area contributed by atoms with E-state index in [4.69, 9.17) is 4.74 Å². The summed E-state index contributed by atoms with van der Waals surface area (Å²) in [6, 6.07) is 8.04. The quantitative estimate of drug-likeness (QED) is 0.759. The molecule has 0 N–H and O–H groups in total. The van der Waals surface area contributed by atoms with E-state index in [0.717, 1.165) is 42.8 Å². The molecule has 24 heavy (non-hydrogen) atoms. The number of carbonyl (C=O) groups excluding carboxylic acids is 1. The second-order valence-electron chi connectivity index (χ2n) is 5.58. The summed E-state index contributed by atoms with van der Waals surface area (Å²) in [6.07, 6.45) is 1.64. The van der Waals surface area contributed by atoms with Gasteiger partial charge in [-0.05, 0) is 24.3 Å². The number of amides is 1. The Morgan fingerprint density at radius 1 is 1.21 bits per heavy atom. The van der Waals surface area contributed by atoms with Crippen molar-refractivity contribution >= 4 is 23.4 Å². The summed E-state index contributed by atoms with van der Waals surface area (Å²) in [5.74, 6) is 1.40. The van der Waals surface area contributed by atoms with E-state index in [1.165, 1.54) is 11.8 Å². The number of benzene rings is 1. The van der Waals surface area contributed by atoms with Gasteiger partial charge in [-0.1, -0.05) is 11.8 Å². The summed E-state index contributed by atoms with van der Waals surface area (Å²) in [4.78, 5) is 16.6. The first kappa shape index (κ1) is 16.6. The average Bonchev–Trinajstić information content (AvgIpc) is 3.05. The number of nitrogens with zero attached hydrogens (tertiary/aromatic N) is 5. The minimum atomic E-state index is 0.150. The molecule has 2 heterocycles. The topological polar surface area (TPSA) is 63.5 Å². The van der Waals surface area contributed by atoms with Gasteiger partial charge in [0.2, 0.25) is 5.91 Å². The number of ether oxygens (including phenoxy) is 1. The molecule has 1 aliphatic rings. The molecule has 3 rings (SSSR count). The first-order valence-electron chi connectivity index (χ1n) is 7.81. The monoisotopic (exact) mass is 347 g/mol. The summed E-state index contributed by atoms with van der Waals surface area (Å²) >= 11 is 1.43. The smallest absolute Gasteiger partial charge is 0.233 e. The molecule has 1 aromatic carbocycles. The van der Waals surface area contributed by atoms with Crippen LogP contribution >= 0.6 is 11.8 Å². The molecule has 1 fully saturated rings. The Morgan fingerprint density at radius 3 is 2.50 bits per heavy atom. The number of hydrogen-bond donors (Lipinski definition) is 0. The average molecular weight is 347 g/mol. The number of anilines is 1. The van der Waals surface area contributed by atoms with E-state index in [9.17, 15) is 4.79 Å². The fraction of sp³-hybridized carbons (Fsp3) is 0.438. The molecule has 0 radical (unpaired) electrons. The SMILES string of the molecule is COc1ccc(N2CCN(C(=O)CSc3nncn3C)CC2)cc1. The van der Waals surface area contributed by atoms with Gasteiger partial charge in [-0.25, -0.2) is 0 Å². The van der Waals surface area contributed by atoms with Crippen molar-refractivity contribution in [3.63, 3.8) is 0 Å². The van der Waals surface area contributed by atoms with Gasteiger partial charge in [0, 0.05) is 38.9 Å². The minimum absolute atomic E-state index is 0.150. The lowest BCUT2D eigenvalue weighted by molar-refractivity contribution is -0.128. The van der Waals surface area contributed by atoms with Crippen molar-refractivity contribution in [2.75, 3.05) is 43.9 Å².